The lowest BCUT2D eigenvalue weighted by molar-refractivity contribution is -0.141. The first kappa shape index (κ1) is 14.5. The minimum absolute atomic E-state index is 0.0295. The number of ether oxygens (including phenoxy) is 1. The van der Waals surface area contributed by atoms with E-state index in [-0.39, 0.29) is 15.6 Å². The summed E-state index contributed by atoms with van der Waals surface area (Å²) in [5.74, 6) is -0.799. The molecular weight excluding hydrogens is 315 g/mol. The molecule has 0 heterocycles. The molecule has 0 N–H and O–H groups in total. The fraction of sp³-hybridized carbons (Fsp3) is 0.273. The van der Waals surface area contributed by atoms with Gasteiger partial charge in [0.2, 0.25) is 0 Å². The van der Waals surface area contributed by atoms with Gasteiger partial charge >= 0.3 is 12.1 Å². The van der Waals surface area contributed by atoms with Crippen LogP contribution in [-0.4, -0.2) is 13.1 Å². The predicted molar refractivity (Wildman–Crippen MR) is 59.6 cm³/mol. The minimum atomic E-state index is -4.60. The summed E-state index contributed by atoms with van der Waals surface area (Å²) in [6, 6.07) is 3.56. The van der Waals surface area contributed by atoms with Crippen molar-refractivity contribution < 1.29 is 22.7 Å². The van der Waals surface area contributed by atoms with E-state index in [1.165, 1.54) is 0 Å². The number of nitriles is 1. The normalized spacial score (nSPS) is 10.9. The summed E-state index contributed by atoms with van der Waals surface area (Å²) < 4.78 is 42.6. The van der Waals surface area contributed by atoms with Crippen LogP contribution in [0.1, 0.15) is 16.7 Å². The second-order valence-electron chi connectivity index (χ2n) is 3.35. The fourth-order valence-electron chi connectivity index (χ4n) is 1.34. The van der Waals surface area contributed by atoms with Gasteiger partial charge in [-0.05, 0) is 33.6 Å². The number of esters is 1. The van der Waals surface area contributed by atoms with Gasteiger partial charge in [0.15, 0.2) is 0 Å². The van der Waals surface area contributed by atoms with Crippen LogP contribution in [0.25, 0.3) is 0 Å². The molecule has 7 heteroatoms. The van der Waals surface area contributed by atoms with E-state index in [0.717, 1.165) is 19.2 Å². The first-order chi connectivity index (χ1) is 8.29. The van der Waals surface area contributed by atoms with Gasteiger partial charge in [0.05, 0.1) is 24.7 Å². The van der Waals surface area contributed by atoms with Crippen LogP contribution in [0.5, 0.6) is 0 Å². The molecule has 0 radical (unpaired) electrons. The molecule has 0 aliphatic carbocycles. The quantitative estimate of drug-likeness (QED) is 0.787. The standard InChI is InChI=1S/C11H7BrF3NO2/c1-18-10(17)3-6-2-7(5-16)9(12)4-8(6)11(13,14)15/h2,4H,3H2,1H3. The number of hydrogen-bond donors (Lipinski definition) is 0. The highest BCUT2D eigenvalue weighted by atomic mass is 79.9. The van der Waals surface area contributed by atoms with Gasteiger partial charge in [-0.2, -0.15) is 18.4 Å². The van der Waals surface area contributed by atoms with Crippen LogP contribution < -0.4 is 0 Å². The molecule has 0 atom stereocenters. The van der Waals surface area contributed by atoms with Crippen molar-refractivity contribution >= 4 is 21.9 Å². The molecule has 0 fully saturated rings. The minimum Gasteiger partial charge on any atom is -0.469 e. The molecule has 96 valence electrons. The first-order valence-electron chi connectivity index (χ1n) is 4.66. The number of carbonyl (C=O) groups is 1. The molecule has 3 nitrogen and oxygen atoms in total. The molecule has 0 saturated carbocycles. The van der Waals surface area contributed by atoms with Crippen molar-refractivity contribution in [3.8, 4) is 6.07 Å². The molecule has 0 aliphatic heterocycles. The van der Waals surface area contributed by atoms with Crippen molar-refractivity contribution in [1.29, 1.82) is 5.26 Å². The van der Waals surface area contributed by atoms with Crippen LogP contribution >= 0.6 is 15.9 Å². The molecule has 1 aromatic carbocycles. The maximum Gasteiger partial charge on any atom is 0.416 e. The summed E-state index contributed by atoms with van der Waals surface area (Å²) in [6.07, 6.45) is -5.13. The van der Waals surface area contributed by atoms with Gasteiger partial charge in [-0.3, -0.25) is 4.79 Å². The number of rotatable bonds is 2. The van der Waals surface area contributed by atoms with E-state index in [9.17, 15) is 18.0 Å². The van der Waals surface area contributed by atoms with Crippen LogP contribution in [0.4, 0.5) is 13.2 Å². The van der Waals surface area contributed by atoms with Gasteiger partial charge in [-0.1, -0.05) is 0 Å². The Hall–Kier alpha value is -1.55. The summed E-state index contributed by atoms with van der Waals surface area (Å²) in [7, 11) is 1.08. The monoisotopic (exact) mass is 321 g/mol. The van der Waals surface area contributed by atoms with Crippen molar-refractivity contribution in [2.45, 2.75) is 12.6 Å². The summed E-state index contributed by atoms with van der Waals surface area (Å²) in [5, 5.41) is 8.75. The van der Waals surface area contributed by atoms with E-state index in [1.807, 2.05) is 0 Å². The Labute approximate surface area is 109 Å². The molecule has 0 amide bonds. The summed E-state index contributed by atoms with van der Waals surface area (Å²) in [4.78, 5) is 11.1. The number of nitrogens with zero attached hydrogens (tertiary/aromatic N) is 1. The van der Waals surface area contributed by atoms with Crippen LogP contribution in [0.3, 0.4) is 0 Å². The third-order valence-corrected chi connectivity index (χ3v) is 2.84. The zero-order valence-electron chi connectivity index (χ0n) is 9.14. The number of carbonyl (C=O) groups excluding carboxylic acids is 1. The average molecular weight is 322 g/mol. The lowest BCUT2D eigenvalue weighted by Crippen LogP contribution is -2.14. The Bertz CT molecular complexity index is 520. The Morgan fingerprint density at radius 1 is 1.50 bits per heavy atom. The molecule has 1 aromatic rings. The van der Waals surface area contributed by atoms with Crippen LogP contribution in [0.15, 0.2) is 16.6 Å². The van der Waals surface area contributed by atoms with E-state index >= 15 is 0 Å². The van der Waals surface area contributed by atoms with E-state index in [4.69, 9.17) is 5.26 Å². The summed E-state index contributed by atoms with van der Waals surface area (Å²) in [6.45, 7) is 0. The Balaban J connectivity index is 3.36. The highest BCUT2D eigenvalue weighted by molar-refractivity contribution is 9.10. The molecule has 18 heavy (non-hydrogen) atoms. The number of methoxy groups -OCH3 is 1. The van der Waals surface area contributed by atoms with Crippen molar-refractivity contribution in [1.82, 2.24) is 0 Å². The van der Waals surface area contributed by atoms with Crippen molar-refractivity contribution in [2.24, 2.45) is 0 Å². The third-order valence-electron chi connectivity index (χ3n) is 2.18. The van der Waals surface area contributed by atoms with E-state index < -0.39 is 24.1 Å². The van der Waals surface area contributed by atoms with Crippen molar-refractivity contribution in [2.75, 3.05) is 7.11 Å². The van der Waals surface area contributed by atoms with E-state index in [1.54, 1.807) is 6.07 Å². The van der Waals surface area contributed by atoms with Crippen molar-refractivity contribution in [3.05, 3.63) is 33.3 Å². The van der Waals surface area contributed by atoms with Gasteiger partial charge in [-0.15, -0.1) is 0 Å². The zero-order valence-corrected chi connectivity index (χ0v) is 10.7. The van der Waals surface area contributed by atoms with Gasteiger partial charge in [-0.25, -0.2) is 0 Å². The lowest BCUT2D eigenvalue weighted by atomic mass is 10.0. The van der Waals surface area contributed by atoms with Gasteiger partial charge in [0, 0.05) is 4.47 Å². The number of halogens is 4. The predicted octanol–water partition coefficient (Wildman–Crippen LogP) is 3.06. The summed E-state index contributed by atoms with van der Waals surface area (Å²) >= 11 is 2.88. The SMILES string of the molecule is COC(=O)Cc1cc(C#N)c(Br)cc1C(F)(F)F. The van der Waals surface area contributed by atoms with Gasteiger partial charge < -0.3 is 4.74 Å². The maximum atomic E-state index is 12.8. The van der Waals surface area contributed by atoms with Crippen LogP contribution in [0.2, 0.25) is 0 Å². The Morgan fingerprint density at radius 2 is 2.11 bits per heavy atom. The van der Waals surface area contributed by atoms with Gasteiger partial charge in [0.1, 0.15) is 6.07 Å². The van der Waals surface area contributed by atoms with Crippen LogP contribution in [0, 0.1) is 11.3 Å². The molecular formula is C11H7BrF3NO2. The summed E-state index contributed by atoms with van der Waals surface area (Å²) in [5.41, 5.74) is -1.21. The number of benzene rings is 1. The molecule has 0 aliphatic rings. The smallest absolute Gasteiger partial charge is 0.416 e. The third kappa shape index (κ3) is 3.23. The maximum absolute atomic E-state index is 12.8. The highest BCUT2D eigenvalue weighted by Crippen LogP contribution is 2.35. The number of hydrogen-bond acceptors (Lipinski definition) is 3. The zero-order chi connectivity index (χ0) is 13.9. The molecule has 0 spiro atoms. The average Bonchev–Trinajstić information content (AvgIpc) is 2.29. The van der Waals surface area contributed by atoms with Gasteiger partial charge in [0.25, 0.3) is 0 Å². The highest BCUT2D eigenvalue weighted by Gasteiger charge is 2.34. The number of alkyl halides is 3. The molecule has 0 bridgehead atoms. The molecule has 1 rings (SSSR count). The first-order valence-corrected chi connectivity index (χ1v) is 5.45. The lowest BCUT2D eigenvalue weighted by Gasteiger charge is -2.13. The van der Waals surface area contributed by atoms with E-state index in [0.29, 0.717) is 0 Å². The van der Waals surface area contributed by atoms with Crippen LogP contribution in [-0.2, 0) is 22.1 Å². The molecule has 0 aromatic heterocycles. The second-order valence-corrected chi connectivity index (χ2v) is 4.21. The fourth-order valence-corrected chi connectivity index (χ4v) is 1.77. The second kappa shape index (κ2) is 5.40. The molecule has 0 saturated heterocycles. The van der Waals surface area contributed by atoms with Crippen molar-refractivity contribution in [3.63, 3.8) is 0 Å². The Morgan fingerprint density at radius 3 is 2.56 bits per heavy atom. The Kier molecular flexibility index (Phi) is 4.35. The largest absolute Gasteiger partial charge is 0.469 e. The molecule has 0 unspecified atom stereocenters. The van der Waals surface area contributed by atoms with E-state index in [2.05, 4.69) is 20.7 Å². The topological polar surface area (TPSA) is 50.1 Å².